The number of esters is 2. The number of carbonyl (C=O) groups is 2. The van der Waals surface area contributed by atoms with Crippen LogP contribution in [-0.2, 0) is 38.7 Å². The normalized spacial score (nSPS) is 20.6. The van der Waals surface area contributed by atoms with E-state index in [1.807, 2.05) is 0 Å². The van der Waals surface area contributed by atoms with Gasteiger partial charge < -0.3 is 34.3 Å². The van der Waals surface area contributed by atoms with Gasteiger partial charge in [0.2, 0.25) is 0 Å². The monoisotopic (exact) mass is 823 g/mol. The lowest BCUT2D eigenvalue weighted by molar-refractivity contribution is -0.297. The van der Waals surface area contributed by atoms with Crippen molar-refractivity contribution in [2.75, 3.05) is 19.0 Å². The number of hydrogen-bond donors (Lipinski definition) is 4. The molecule has 1 fully saturated rings. The van der Waals surface area contributed by atoms with Gasteiger partial charge in [-0.1, -0.05) is 181 Å². The molecule has 0 bridgehead atoms. The molecule has 6 unspecified atom stereocenters. The van der Waals surface area contributed by atoms with E-state index < -0.39 is 71.2 Å². The molecule has 6 atom stereocenters. The van der Waals surface area contributed by atoms with Crippen molar-refractivity contribution in [1.82, 2.24) is 0 Å². The molecule has 0 radical (unpaired) electrons. The lowest BCUT2D eigenvalue weighted by Crippen LogP contribution is -2.60. The Kier molecular flexibility index (Phi) is 32.5. The van der Waals surface area contributed by atoms with E-state index in [1.165, 1.54) is 128 Å². The Bertz CT molecular complexity index is 1060. The minimum atomic E-state index is -4.59. The van der Waals surface area contributed by atoms with Crippen molar-refractivity contribution >= 4 is 22.1 Å². The first kappa shape index (κ1) is 52.7. The summed E-state index contributed by atoms with van der Waals surface area (Å²) in [4.78, 5) is 25.3. The van der Waals surface area contributed by atoms with Gasteiger partial charge in [0.15, 0.2) is 12.4 Å². The zero-order valence-electron chi connectivity index (χ0n) is 35.3. The van der Waals surface area contributed by atoms with Gasteiger partial charge in [-0.05, 0) is 12.8 Å². The second-order valence-corrected chi connectivity index (χ2v) is 17.6. The van der Waals surface area contributed by atoms with Crippen molar-refractivity contribution in [2.24, 2.45) is 0 Å². The van der Waals surface area contributed by atoms with E-state index in [0.29, 0.717) is 12.8 Å². The number of aliphatic hydroxyl groups is 3. The van der Waals surface area contributed by atoms with Crippen LogP contribution in [0, 0.1) is 0 Å². The standard InChI is InChI=1S/C43H82O12S/c1-3-5-7-9-11-13-15-16-17-18-19-20-22-23-25-27-29-31-38(44)52-33-36(54-39(45)32-30-28-26-24-21-14-12-10-8-6-4-2)34-53-43-42(48)41(47)40(46)37(55-43)35-56(49,50)51/h36-37,40-43,46-48H,3-35H2,1-2H3,(H,49,50,51). The van der Waals surface area contributed by atoms with Crippen LogP contribution < -0.4 is 0 Å². The summed E-state index contributed by atoms with van der Waals surface area (Å²) in [5.74, 6) is -1.96. The van der Waals surface area contributed by atoms with Crippen LogP contribution in [0.25, 0.3) is 0 Å². The molecule has 0 aliphatic carbocycles. The largest absolute Gasteiger partial charge is 0.462 e. The zero-order valence-corrected chi connectivity index (χ0v) is 36.1. The Hall–Kier alpha value is -1.35. The van der Waals surface area contributed by atoms with Crippen molar-refractivity contribution in [3.05, 3.63) is 0 Å². The third-order valence-corrected chi connectivity index (χ3v) is 11.4. The Labute approximate surface area is 340 Å². The molecular weight excluding hydrogens is 741 g/mol. The van der Waals surface area contributed by atoms with Crippen LogP contribution in [-0.4, -0.2) is 96.0 Å². The summed E-state index contributed by atoms with van der Waals surface area (Å²) in [5.41, 5.74) is 0. The van der Waals surface area contributed by atoms with Gasteiger partial charge in [-0.2, -0.15) is 8.42 Å². The maximum Gasteiger partial charge on any atom is 0.306 e. The van der Waals surface area contributed by atoms with Crippen molar-refractivity contribution < 1.29 is 56.8 Å². The highest BCUT2D eigenvalue weighted by Crippen LogP contribution is 2.24. The molecule has 0 aromatic carbocycles. The van der Waals surface area contributed by atoms with Crippen LogP contribution in [0.3, 0.4) is 0 Å². The third-order valence-electron chi connectivity index (χ3n) is 10.7. The predicted molar refractivity (Wildman–Crippen MR) is 220 cm³/mol. The number of hydrogen-bond acceptors (Lipinski definition) is 11. The number of aliphatic hydroxyl groups excluding tert-OH is 3. The van der Waals surface area contributed by atoms with E-state index in [-0.39, 0.29) is 19.4 Å². The zero-order chi connectivity index (χ0) is 41.3. The van der Waals surface area contributed by atoms with E-state index in [4.69, 9.17) is 18.9 Å². The average Bonchev–Trinajstić information content (AvgIpc) is 3.16. The molecule has 0 aromatic rings. The smallest absolute Gasteiger partial charge is 0.306 e. The first-order chi connectivity index (χ1) is 27.0. The second-order valence-electron chi connectivity index (χ2n) is 16.1. The molecule has 0 amide bonds. The van der Waals surface area contributed by atoms with Gasteiger partial charge in [0, 0.05) is 12.8 Å². The van der Waals surface area contributed by atoms with Crippen molar-refractivity contribution in [3.8, 4) is 0 Å². The summed E-state index contributed by atoms with van der Waals surface area (Å²) < 4.78 is 54.0. The summed E-state index contributed by atoms with van der Waals surface area (Å²) in [6, 6.07) is 0. The summed E-state index contributed by atoms with van der Waals surface area (Å²) >= 11 is 0. The third kappa shape index (κ3) is 29.0. The summed E-state index contributed by atoms with van der Waals surface area (Å²) in [6.07, 6.45) is 24.4. The lowest BCUT2D eigenvalue weighted by Gasteiger charge is -2.40. The van der Waals surface area contributed by atoms with Gasteiger partial charge in [-0.15, -0.1) is 0 Å². The topological polar surface area (TPSA) is 186 Å². The molecule has 332 valence electrons. The molecule has 1 aliphatic heterocycles. The summed E-state index contributed by atoms with van der Waals surface area (Å²) in [6.45, 7) is 3.76. The van der Waals surface area contributed by atoms with E-state index in [9.17, 15) is 37.9 Å². The number of rotatable bonds is 38. The molecule has 0 spiro atoms. The molecule has 1 heterocycles. The fourth-order valence-corrected chi connectivity index (χ4v) is 7.84. The minimum absolute atomic E-state index is 0.171. The van der Waals surface area contributed by atoms with Gasteiger partial charge in [0.25, 0.3) is 10.1 Å². The SMILES string of the molecule is CCCCCCCCCCCCCCCCCCCC(=O)OCC(COC1OC(CS(=O)(=O)O)C(O)C(O)C1O)OC(=O)CCCCCCCCCCCCC. The Morgan fingerprint density at radius 2 is 0.911 bits per heavy atom. The lowest BCUT2D eigenvalue weighted by atomic mass is 10.00. The average molecular weight is 823 g/mol. The fraction of sp³-hybridized carbons (Fsp3) is 0.953. The molecule has 4 N–H and O–H groups in total. The molecule has 0 aromatic heterocycles. The van der Waals surface area contributed by atoms with Gasteiger partial charge in [0.05, 0.1) is 6.61 Å². The minimum Gasteiger partial charge on any atom is -0.462 e. The molecular formula is C43H82O12S. The Morgan fingerprint density at radius 1 is 0.536 bits per heavy atom. The van der Waals surface area contributed by atoms with Gasteiger partial charge in [-0.3, -0.25) is 14.1 Å². The Morgan fingerprint density at radius 3 is 1.30 bits per heavy atom. The van der Waals surface area contributed by atoms with Crippen LogP contribution in [0.4, 0.5) is 0 Å². The molecule has 1 saturated heterocycles. The first-order valence-corrected chi connectivity index (χ1v) is 24.2. The number of carbonyl (C=O) groups excluding carboxylic acids is 2. The van der Waals surface area contributed by atoms with E-state index in [1.54, 1.807) is 0 Å². The molecule has 1 aliphatic rings. The molecule has 12 nitrogen and oxygen atoms in total. The summed E-state index contributed by atoms with van der Waals surface area (Å²) in [7, 11) is -4.59. The second kappa shape index (κ2) is 34.5. The van der Waals surface area contributed by atoms with Crippen molar-refractivity contribution in [1.29, 1.82) is 0 Å². The predicted octanol–water partition coefficient (Wildman–Crippen LogP) is 8.90. The highest BCUT2D eigenvalue weighted by molar-refractivity contribution is 7.85. The maximum atomic E-state index is 12.8. The van der Waals surface area contributed by atoms with Gasteiger partial charge in [0.1, 0.15) is 36.8 Å². The van der Waals surface area contributed by atoms with Crippen molar-refractivity contribution in [2.45, 2.75) is 243 Å². The van der Waals surface area contributed by atoms with Crippen LogP contribution in [0.1, 0.15) is 206 Å². The van der Waals surface area contributed by atoms with Crippen molar-refractivity contribution in [3.63, 3.8) is 0 Å². The quantitative estimate of drug-likeness (QED) is 0.0264. The molecule has 56 heavy (non-hydrogen) atoms. The van der Waals surface area contributed by atoms with Crippen LogP contribution in [0.2, 0.25) is 0 Å². The number of ether oxygens (including phenoxy) is 4. The van der Waals surface area contributed by atoms with Gasteiger partial charge >= 0.3 is 11.9 Å². The van der Waals surface area contributed by atoms with Crippen LogP contribution in [0.15, 0.2) is 0 Å². The van der Waals surface area contributed by atoms with E-state index in [2.05, 4.69) is 13.8 Å². The fourth-order valence-electron chi connectivity index (χ4n) is 7.15. The Balaban J connectivity index is 2.41. The number of unbranched alkanes of at least 4 members (excludes halogenated alkanes) is 26. The molecule has 0 saturated carbocycles. The van der Waals surface area contributed by atoms with E-state index in [0.717, 1.165) is 38.5 Å². The molecule has 1 rings (SSSR count). The first-order valence-electron chi connectivity index (χ1n) is 22.6. The van der Waals surface area contributed by atoms with E-state index >= 15 is 0 Å². The van der Waals surface area contributed by atoms with Gasteiger partial charge in [-0.25, -0.2) is 0 Å². The van der Waals surface area contributed by atoms with Crippen LogP contribution in [0.5, 0.6) is 0 Å². The van der Waals surface area contributed by atoms with Crippen LogP contribution >= 0.6 is 0 Å². The summed E-state index contributed by atoms with van der Waals surface area (Å²) in [5, 5.41) is 30.8. The maximum absolute atomic E-state index is 12.8. The highest BCUT2D eigenvalue weighted by atomic mass is 32.2. The highest BCUT2D eigenvalue weighted by Gasteiger charge is 2.46. The molecule has 13 heteroatoms.